The van der Waals surface area contributed by atoms with Gasteiger partial charge in [0.15, 0.2) is 0 Å². The molecule has 5 aromatic rings. The number of anilines is 3. The van der Waals surface area contributed by atoms with Gasteiger partial charge in [-0.25, -0.2) is 0 Å². The molecular weight excluding hydrogens is 603 g/mol. The molecule has 0 N–H and O–H groups in total. The fourth-order valence-electron chi connectivity index (χ4n) is 6.25. The number of nitrogens with zero attached hydrogens (tertiary/aromatic N) is 4. The summed E-state index contributed by atoms with van der Waals surface area (Å²) in [6, 6.07) is 37.4. The first kappa shape index (κ1) is 26.7. The van der Waals surface area contributed by atoms with Gasteiger partial charge in [-0.1, -0.05) is 43.1 Å². The second kappa shape index (κ2) is 10.8. The van der Waals surface area contributed by atoms with Crippen molar-refractivity contribution in [1.29, 1.82) is 0 Å². The van der Waals surface area contributed by atoms with Crippen molar-refractivity contribution >= 4 is 35.6 Å². The molecule has 0 radical (unpaired) electrons. The summed E-state index contributed by atoms with van der Waals surface area (Å²) in [6.07, 6.45) is 5.76. The average Bonchev–Trinajstić information content (AvgIpc) is 3.34. The van der Waals surface area contributed by atoms with Crippen molar-refractivity contribution in [3.05, 3.63) is 109 Å². The predicted molar refractivity (Wildman–Crippen MR) is 158 cm³/mol. The Morgan fingerprint density at radius 2 is 1.62 bits per heavy atom. The zero-order valence-electron chi connectivity index (χ0n) is 22.6. The van der Waals surface area contributed by atoms with E-state index in [1.165, 1.54) is 41.9 Å². The molecule has 0 saturated carbocycles. The van der Waals surface area contributed by atoms with Gasteiger partial charge in [-0.15, -0.1) is 24.3 Å². The SMILES string of the molecule is Cc1cc(C)n(-c2[c-]c3c(cc2)Oc2ccccc2N3c2[c-]c([Si]3(c4ccccn4)CCCCC3)ccc2)n1.[Pd+2]. The maximum Gasteiger partial charge on any atom is 2.00 e. The predicted octanol–water partition coefficient (Wildman–Crippen LogP) is 6.80. The molecule has 4 heterocycles. The van der Waals surface area contributed by atoms with Crippen molar-refractivity contribution in [1.82, 2.24) is 14.8 Å². The molecule has 1 saturated heterocycles. The van der Waals surface area contributed by atoms with Gasteiger partial charge in [0.05, 0.1) is 11.4 Å². The van der Waals surface area contributed by atoms with Crippen LogP contribution in [0.3, 0.4) is 0 Å². The normalized spacial score (nSPS) is 15.4. The maximum atomic E-state index is 6.37. The van der Waals surface area contributed by atoms with Gasteiger partial charge < -0.3 is 9.64 Å². The Morgan fingerprint density at radius 1 is 0.800 bits per heavy atom. The van der Waals surface area contributed by atoms with Crippen molar-refractivity contribution < 1.29 is 25.2 Å². The van der Waals surface area contributed by atoms with E-state index in [4.69, 9.17) is 14.8 Å². The average molecular weight is 633 g/mol. The topological polar surface area (TPSA) is 43.2 Å². The summed E-state index contributed by atoms with van der Waals surface area (Å²) in [5.74, 6) is 1.59. The van der Waals surface area contributed by atoms with E-state index in [0.717, 1.165) is 45.6 Å². The number of para-hydroxylation sites is 2. The van der Waals surface area contributed by atoms with Gasteiger partial charge >= 0.3 is 20.4 Å². The van der Waals surface area contributed by atoms with Crippen LogP contribution in [0.2, 0.25) is 12.1 Å². The van der Waals surface area contributed by atoms with Gasteiger partial charge in [0.25, 0.3) is 0 Å². The van der Waals surface area contributed by atoms with Crippen molar-refractivity contribution in [3.63, 3.8) is 0 Å². The molecule has 0 unspecified atom stereocenters. The molecule has 3 aromatic carbocycles. The number of hydrogen-bond acceptors (Lipinski definition) is 4. The van der Waals surface area contributed by atoms with Gasteiger partial charge in [0, 0.05) is 23.0 Å². The molecule has 0 spiro atoms. The molecule has 0 bridgehead atoms. The van der Waals surface area contributed by atoms with Crippen LogP contribution >= 0.6 is 0 Å². The molecule has 1 fully saturated rings. The number of pyridine rings is 1. The van der Waals surface area contributed by atoms with Crippen LogP contribution < -0.4 is 20.1 Å². The molecule has 0 aliphatic carbocycles. The van der Waals surface area contributed by atoms with Crippen LogP contribution in [0.15, 0.2) is 85.1 Å². The number of benzene rings is 3. The molecule has 2 aliphatic heterocycles. The van der Waals surface area contributed by atoms with E-state index in [1.807, 2.05) is 48.1 Å². The number of ether oxygens (including phenoxy) is 1. The van der Waals surface area contributed by atoms with Gasteiger partial charge in [0.2, 0.25) is 0 Å². The van der Waals surface area contributed by atoms with Crippen molar-refractivity contribution in [2.24, 2.45) is 0 Å². The maximum absolute atomic E-state index is 6.37. The van der Waals surface area contributed by atoms with E-state index in [-0.39, 0.29) is 20.4 Å². The second-order valence-corrected chi connectivity index (χ2v) is 14.8. The summed E-state index contributed by atoms with van der Waals surface area (Å²) in [5, 5.41) is 7.32. The van der Waals surface area contributed by atoms with Crippen LogP contribution in [0.1, 0.15) is 30.7 Å². The molecule has 2 aromatic heterocycles. The molecule has 202 valence electrons. The van der Waals surface area contributed by atoms with Crippen molar-refractivity contribution in [3.8, 4) is 17.2 Å². The fraction of sp³-hybridized carbons (Fsp3) is 0.212. The first-order valence-corrected chi connectivity index (χ1v) is 16.2. The molecule has 40 heavy (non-hydrogen) atoms. The number of aromatic nitrogens is 3. The Balaban J connectivity index is 0.00000289. The van der Waals surface area contributed by atoms with Crippen molar-refractivity contribution in [2.45, 2.75) is 45.2 Å². The Hall–Kier alpha value is -3.50. The van der Waals surface area contributed by atoms with Gasteiger partial charge in [-0.2, -0.15) is 28.5 Å². The first-order chi connectivity index (χ1) is 19.1. The summed E-state index contributed by atoms with van der Waals surface area (Å²) in [7, 11) is -2.03. The summed E-state index contributed by atoms with van der Waals surface area (Å²) >= 11 is 0. The smallest absolute Gasteiger partial charge is 0.513 e. The molecule has 0 amide bonds. The Kier molecular flexibility index (Phi) is 7.22. The largest absolute Gasteiger partial charge is 2.00 e. The van der Waals surface area contributed by atoms with E-state index in [9.17, 15) is 0 Å². The summed E-state index contributed by atoms with van der Waals surface area (Å²) in [6.45, 7) is 4.08. The second-order valence-electron chi connectivity index (χ2n) is 10.6. The van der Waals surface area contributed by atoms with Gasteiger partial charge in [-0.3, -0.25) is 9.67 Å². The minimum atomic E-state index is -2.03. The number of fused-ring (bicyclic) bond motifs is 2. The third-order valence-electron chi connectivity index (χ3n) is 8.06. The standard InChI is InChI=1S/C33H30N4OSi.Pd/c1-24-21-25(2)37(35-24)27-16-17-32-30(23-27)36(29-13-4-5-14-31(29)38-32)26-11-10-12-28(22-26)39(19-8-3-9-20-39)33-15-6-7-18-34-33;/h4-7,10-18,21H,3,8-9,19-20H2,1-2H3;/q-2;+2. The van der Waals surface area contributed by atoms with Gasteiger partial charge in [0.1, 0.15) is 13.8 Å². The number of hydrogen-bond donors (Lipinski definition) is 0. The van der Waals surface area contributed by atoms with Crippen LogP contribution in [0, 0.1) is 26.0 Å². The molecule has 7 rings (SSSR count). The fourth-order valence-corrected chi connectivity index (χ4v) is 11.1. The van der Waals surface area contributed by atoms with Gasteiger partial charge in [-0.05, 0) is 67.6 Å². The Labute approximate surface area is 250 Å². The molecular formula is C33H30N4OPdSi. The minimum Gasteiger partial charge on any atom is -0.513 e. The van der Waals surface area contributed by atoms with Crippen LogP contribution in [0.5, 0.6) is 11.5 Å². The molecule has 2 aliphatic rings. The number of aryl methyl sites for hydroxylation is 2. The third kappa shape index (κ3) is 4.52. The zero-order valence-corrected chi connectivity index (χ0v) is 25.2. The minimum absolute atomic E-state index is 0. The van der Waals surface area contributed by atoms with E-state index < -0.39 is 8.07 Å². The Bertz CT molecular complexity index is 1660. The first-order valence-electron chi connectivity index (χ1n) is 13.7. The molecule has 0 atom stereocenters. The van der Waals surface area contributed by atoms with Crippen LogP contribution in [0.4, 0.5) is 17.1 Å². The summed E-state index contributed by atoms with van der Waals surface area (Å²) in [5.41, 5.74) is 5.79. The summed E-state index contributed by atoms with van der Waals surface area (Å²) in [4.78, 5) is 7.16. The Morgan fingerprint density at radius 3 is 2.40 bits per heavy atom. The molecule has 5 nitrogen and oxygen atoms in total. The van der Waals surface area contributed by atoms with Crippen LogP contribution in [-0.2, 0) is 20.4 Å². The van der Waals surface area contributed by atoms with Crippen molar-refractivity contribution in [2.75, 3.05) is 4.90 Å². The quantitative estimate of drug-likeness (QED) is 0.158. The summed E-state index contributed by atoms with van der Waals surface area (Å²) < 4.78 is 8.32. The van der Waals surface area contributed by atoms with Crippen LogP contribution in [-0.4, -0.2) is 22.8 Å². The van der Waals surface area contributed by atoms with E-state index >= 15 is 0 Å². The third-order valence-corrected chi connectivity index (χ3v) is 13.1. The van der Waals surface area contributed by atoms with E-state index in [0.29, 0.717) is 0 Å². The molecule has 7 heteroatoms. The monoisotopic (exact) mass is 632 g/mol. The number of rotatable bonds is 4. The van der Waals surface area contributed by atoms with E-state index in [2.05, 4.69) is 72.5 Å². The zero-order chi connectivity index (χ0) is 26.4. The van der Waals surface area contributed by atoms with Crippen LogP contribution in [0.25, 0.3) is 5.69 Å². The van der Waals surface area contributed by atoms with E-state index in [1.54, 1.807) is 0 Å².